The number of carboxylic acid groups (broad SMARTS) is 2. The average molecular weight is 483 g/mol. The third-order valence-electron chi connectivity index (χ3n) is 4.16. The summed E-state index contributed by atoms with van der Waals surface area (Å²) in [6.07, 6.45) is 0. The molecule has 3 N–H and O–H groups in total. The van der Waals surface area contributed by atoms with E-state index < -0.39 is 17.5 Å². The maximum atomic E-state index is 12.2. The third-order valence-corrected chi connectivity index (χ3v) is 4.16. The van der Waals surface area contributed by atoms with Crippen molar-refractivity contribution in [1.82, 2.24) is 20.0 Å². The number of ether oxygens (including phenoxy) is 1. The van der Waals surface area contributed by atoms with Crippen LogP contribution in [-0.2, 0) is 19.1 Å². The Labute approximate surface area is 182 Å². The van der Waals surface area contributed by atoms with Crippen LogP contribution in [0.4, 0.5) is 0 Å². The highest BCUT2D eigenvalue weighted by molar-refractivity contribution is 8.93. The number of esters is 1. The summed E-state index contributed by atoms with van der Waals surface area (Å²) in [4.78, 5) is 39.9. The summed E-state index contributed by atoms with van der Waals surface area (Å²) in [5.41, 5.74) is -0.551. The van der Waals surface area contributed by atoms with E-state index in [1.54, 1.807) is 9.80 Å². The highest BCUT2D eigenvalue weighted by Crippen LogP contribution is 2.07. The highest BCUT2D eigenvalue weighted by atomic mass is 79.9. The lowest BCUT2D eigenvalue weighted by Crippen LogP contribution is -2.48. The maximum Gasteiger partial charge on any atom is 0.320 e. The van der Waals surface area contributed by atoms with E-state index in [9.17, 15) is 14.4 Å². The number of aliphatic carboxylic acids is 2. The van der Waals surface area contributed by atoms with E-state index in [4.69, 9.17) is 14.9 Å². The molecule has 0 unspecified atom stereocenters. The molecule has 0 aromatic carbocycles. The Morgan fingerprint density at radius 3 is 1.55 bits per heavy atom. The minimum absolute atomic E-state index is 0. The molecule has 0 aromatic rings. The quantitative estimate of drug-likeness (QED) is 0.430. The van der Waals surface area contributed by atoms with E-state index in [1.165, 1.54) is 0 Å². The number of nitrogens with one attached hydrogen (secondary N) is 1. The molecule has 1 rings (SSSR count). The van der Waals surface area contributed by atoms with Crippen molar-refractivity contribution in [2.75, 3.05) is 72.0 Å². The molecule has 0 radical (unpaired) electrons. The van der Waals surface area contributed by atoms with Crippen molar-refractivity contribution in [1.29, 1.82) is 0 Å². The van der Waals surface area contributed by atoms with E-state index in [0.717, 1.165) is 0 Å². The van der Waals surface area contributed by atoms with Crippen molar-refractivity contribution in [3.05, 3.63) is 0 Å². The normalized spacial score (nSPS) is 18.7. The first-order chi connectivity index (χ1) is 13.0. The number of carboxylic acids is 2. The molecule has 0 spiro atoms. The second kappa shape index (κ2) is 13.9. The molecule has 0 aliphatic carbocycles. The van der Waals surface area contributed by atoms with E-state index in [-0.39, 0.29) is 42.6 Å². The summed E-state index contributed by atoms with van der Waals surface area (Å²) in [7, 11) is 0. The zero-order valence-corrected chi connectivity index (χ0v) is 19.3. The van der Waals surface area contributed by atoms with Gasteiger partial charge < -0.3 is 20.3 Å². The summed E-state index contributed by atoms with van der Waals surface area (Å²) >= 11 is 0. The van der Waals surface area contributed by atoms with Crippen LogP contribution in [0, 0.1) is 0 Å². The van der Waals surface area contributed by atoms with Gasteiger partial charge in [0.25, 0.3) is 0 Å². The lowest BCUT2D eigenvalue weighted by Gasteiger charge is -2.30. The second-order valence-electron chi connectivity index (χ2n) is 7.95. The van der Waals surface area contributed by atoms with Crippen molar-refractivity contribution in [3.8, 4) is 0 Å². The lowest BCUT2D eigenvalue weighted by atomic mass is 10.2. The van der Waals surface area contributed by atoms with Gasteiger partial charge in [-0.3, -0.25) is 29.1 Å². The molecule has 0 aromatic heterocycles. The molecular weight excluding hydrogens is 448 g/mol. The van der Waals surface area contributed by atoms with E-state index in [2.05, 4.69) is 5.32 Å². The van der Waals surface area contributed by atoms with Crippen molar-refractivity contribution < 1.29 is 29.3 Å². The fraction of sp³-hybridized carbons (Fsp3) is 0.833. The number of halogens is 1. The Kier molecular flexibility index (Phi) is 13.3. The summed E-state index contributed by atoms with van der Waals surface area (Å²) < 4.78 is 5.38. The van der Waals surface area contributed by atoms with Crippen molar-refractivity contribution in [3.63, 3.8) is 0 Å². The van der Waals surface area contributed by atoms with E-state index in [1.807, 2.05) is 25.7 Å². The SMILES string of the molecule is Br.CC(C)(C)OC(=O)CN1CCNCCN(CC(=O)O)CCN(CC(=O)O)CC1. The third kappa shape index (κ3) is 14.4. The molecular formula is C18H35BrN4O6. The summed E-state index contributed by atoms with van der Waals surface area (Å²) in [6, 6.07) is 0. The molecule has 1 fully saturated rings. The van der Waals surface area contributed by atoms with Gasteiger partial charge >= 0.3 is 17.9 Å². The van der Waals surface area contributed by atoms with Crippen LogP contribution in [0.1, 0.15) is 20.8 Å². The van der Waals surface area contributed by atoms with Gasteiger partial charge in [-0.05, 0) is 20.8 Å². The Hall–Kier alpha value is -1.27. The monoisotopic (exact) mass is 482 g/mol. The van der Waals surface area contributed by atoms with Crippen molar-refractivity contribution in [2.24, 2.45) is 0 Å². The molecule has 11 heteroatoms. The lowest BCUT2D eigenvalue weighted by molar-refractivity contribution is -0.156. The molecule has 10 nitrogen and oxygen atoms in total. The van der Waals surface area contributed by atoms with Crippen LogP contribution in [0.15, 0.2) is 0 Å². The molecule has 0 atom stereocenters. The topological polar surface area (TPSA) is 123 Å². The van der Waals surface area contributed by atoms with Crippen molar-refractivity contribution in [2.45, 2.75) is 26.4 Å². The fourth-order valence-corrected chi connectivity index (χ4v) is 2.91. The maximum absolute atomic E-state index is 12.2. The largest absolute Gasteiger partial charge is 0.480 e. The molecule has 29 heavy (non-hydrogen) atoms. The fourth-order valence-electron chi connectivity index (χ4n) is 2.91. The van der Waals surface area contributed by atoms with Crippen LogP contribution in [0.3, 0.4) is 0 Å². The number of hydrogen-bond acceptors (Lipinski definition) is 8. The Morgan fingerprint density at radius 2 is 1.17 bits per heavy atom. The van der Waals surface area contributed by atoms with Crippen LogP contribution in [0.5, 0.6) is 0 Å². The van der Waals surface area contributed by atoms with Crippen LogP contribution < -0.4 is 5.32 Å². The number of nitrogens with zero attached hydrogens (tertiary/aromatic N) is 3. The molecule has 0 amide bonds. The number of carbonyl (C=O) groups is 3. The van der Waals surface area contributed by atoms with E-state index >= 15 is 0 Å². The number of carbonyl (C=O) groups excluding carboxylic acids is 1. The van der Waals surface area contributed by atoms with Gasteiger partial charge in [-0.1, -0.05) is 0 Å². The Morgan fingerprint density at radius 1 is 0.793 bits per heavy atom. The first kappa shape index (κ1) is 27.7. The first-order valence-electron chi connectivity index (χ1n) is 9.58. The Bertz CT molecular complexity index is 529. The molecule has 170 valence electrons. The minimum atomic E-state index is -0.933. The number of hydrogen-bond donors (Lipinski definition) is 3. The predicted octanol–water partition coefficient (Wildman–Crippen LogP) is -0.416. The van der Waals surface area contributed by atoms with Gasteiger partial charge in [-0.25, -0.2) is 0 Å². The minimum Gasteiger partial charge on any atom is -0.480 e. The van der Waals surface area contributed by atoms with Crippen LogP contribution in [0.25, 0.3) is 0 Å². The first-order valence-corrected chi connectivity index (χ1v) is 9.58. The molecule has 1 saturated heterocycles. The summed E-state index contributed by atoms with van der Waals surface area (Å²) in [5.74, 6) is -2.14. The molecule has 1 heterocycles. The standard InChI is InChI=1S/C18H34N4O6.BrH/c1-18(2,3)28-17(27)14-21-7-5-19-4-6-20(12-15(23)24)8-10-22(11-9-21)13-16(25)26;/h19H,4-14H2,1-3H3,(H,23,24)(H,25,26);1H. The smallest absolute Gasteiger partial charge is 0.320 e. The molecule has 0 saturated carbocycles. The van der Waals surface area contributed by atoms with Crippen LogP contribution in [0.2, 0.25) is 0 Å². The molecule has 1 aliphatic rings. The number of rotatable bonds is 6. The summed E-state index contributed by atoms with van der Waals surface area (Å²) in [5, 5.41) is 21.5. The van der Waals surface area contributed by atoms with Crippen molar-refractivity contribution >= 4 is 34.9 Å². The molecule has 1 aliphatic heterocycles. The van der Waals surface area contributed by atoms with Gasteiger partial charge in [0.1, 0.15) is 5.60 Å². The second-order valence-corrected chi connectivity index (χ2v) is 7.95. The zero-order valence-electron chi connectivity index (χ0n) is 17.6. The Balaban J connectivity index is 0.00000784. The van der Waals surface area contributed by atoms with Gasteiger partial charge in [-0.2, -0.15) is 0 Å². The van der Waals surface area contributed by atoms with Gasteiger partial charge in [0, 0.05) is 52.4 Å². The predicted molar refractivity (Wildman–Crippen MR) is 114 cm³/mol. The van der Waals surface area contributed by atoms with Gasteiger partial charge in [-0.15, -0.1) is 17.0 Å². The van der Waals surface area contributed by atoms with E-state index in [0.29, 0.717) is 52.4 Å². The van der Waals surface area contributed by atoms with Crippen LogP contribution >= 0.6 is 17.0 Å². The summed E-state index contributed by atoms with van der Waals surface area (Å²) in [6.45, 7) is 9.72. The molecule has 0 bridgehead atoms. The van der Waals surface area contributed by atoms with Crippen LogP contribution in [-0.4, -0.2) is 120 Å². The highest BCUT2D eigenvalue weighted by Gasteiger charge is 2.21. The zero-order chi connectivity index (χ0) is 21.2. The average Bonchev–Trinajstić information content (AvgIpc) is 2.52. The van der Waals surface area contributed by atoms with Gasteiger partial charge in [0.2, 0.25) is 0 Å². The van der Waals surface area contributed by atoms with Gasteiger partial charge in [0.05, 0.1) is 19.6 Å². The van der Waals surface area contributed by atoms with Gasteiger partial charge in [0.15, 0.2) is 0 Å².